The Bertz CT molecular complexity index is 2080. The quantitative estimate of drug-likeness (QED) is 0.0425. The highest BCUT2D eigenvalue weighted by Gasteiger charge is 2.20. The standard InChI is InChI=1S/C100H190N6O7/c1-9-17-23-27-31-35-39-45-53-61-79-104(80-62-54-46-40-36-32-28-24-18-10-2)85-67-76-101-98(109)91-88-92(99(110)102-77-68-86-105(81-63-55-47-41-37-33-29-25-19-11-3)82-64-56-48-42-38-34-30-26-20-12-4)90-93(89-91)100(111)103-78-69-87-106(83-65-57-49-43-51-59-74-96(107)112-94(70-15-7)72-21-13-5)84-66-58-50-44-52-60-75-97(108)113-95(71-16-8)73-22-14-6/h88-90,94-95H,9-87H2,1-8H3,(H,101,109)(H,102,110)(H,103,111). The second kappa shape index (κ2) is 83.5. The van der Waals surface area contributed by atoms with E-state index in [4.69, 9.17) is 9.47 Å². The van der Waals surface area contributed by atoms with E-state index < -0.39 is 0 Å². The zero-order valence-electron chi connectivity index (χ0n) is 76.4. The number of carbonyl (C=O) groups excluding carboxylic acids is 5. The van der Waals surface area contributed by atoms with E-state index in [2.05, 4.69) is 86.0 Å². The Kier molecular flexibility index (Phi) is 79.4. The van der Waals surface area contributed by atoms with Crippen molar-refractivity contribution in [1.82, 2.24) is 30.7 Å². The van der Waals surface area contributed by atoms with Crippen molar-refractivity contribution in [3.05, 3.63) is 34.9 Å². The molecule has 2 unspecified atom stereocenters. The topological polar surface area (TPSA) is 150 Å². The second-order valence-electron chi connectivity index (χ2n) is 34.7. The molecule has 0 saturated heterocycles. The van der Waals surface area contributed by atoms with Crippen LogP contribution in [-0.4, -0.2) is 135 Å². The van der Waals surface area contributed by atoms with Crippen LogP contribution in [0.3, 0.4) is 0 Å². The fraction of sp³-hybridized carbons (Fsp3) is 0.890. The van der Waals surface area contributed by atoms with E-state index in [1.165, 1.54) is 257 Å². The van der Waals surface area contributed by atoms with Gasteiger partial charge in [0.05, 0.1) is 0 Å². The SMILES string of the molecule is CCCCCCCCCCCCN(CCCCCCCCCCCC)CCCNC(=O)c1cc(C(=O)NCCCN(CCCCCCCCCCCC)CCCCCCCCCCCC)cc(C(=O)NCCCN(CCCCCCCCC(=O)OC(CCC)CCCC)CCCCCCCCC(=O)OC(CCC)CCCC)c1. The van der Waals surface area contributed by atoms with Crippen molar-refractivity contribution in [3.63, 3.8) is 0 Å². The molecule has 662 valence electrons. The summed E-state index contributed by atoms with van der Waals surface area (Å²) < 4.78 is 11.8. The summed E-state index contributed by atoms with van der Waals surface area (Å²) in [5, 5.41) is 9.71. The first-order valence-corrected chi connectivity index (χ1v) is 50.0. The van der Waals surface area contributed by atoms with Crippen LogP contribution in [0.15, 0.2) is 18.2 Å². The third-order valence-corrected chi connectivity index (χ3v) is 23.6. The number of nitrogens with zero attached hydrogens (tertiary/aromatic N) is 3. The summed E-state index contributed by atoms with van der Waals surface area (Å²) in [5.41, 5.74) is 1.04. The van der Waals surface area contributed by atoms with Crippen LogP contribution in [0.5, 0.6) is 0 Å². The molecule has 0 radical (unpaired) electrons. The summed E-state index contributed by atoms with van der Waals surface area (Å²) in [5.74, 6) is -0.823. The molecule has 13 nitrogen and oxygen atoms in total. The maximum Gasteiger partial charge on any atom is 0.306 e. The number of hydrogen-bond donors (Lipinski definition) is 3. The molecule has 1 rings (SSSR count). The van der Waals surface area contributed by atoms with Gasteiger partial charge in [-0.2, -0.15) is 0 Å². The number of rotatable bonds is 89. The molecule has 0 saturated carbocycles. The lowest BCUT2D eigenvalue weighted by Crippen LogP contribution is -2.33. The molecular formula is C100H190N6O7. The van der Waals surface area contributed by atoms with Crippen molar-refractivity contribution in [3.8, 4) is 0 Å². The molecule has 1 aromatic carbocycles. The van der Waals surface area contributed by atoms with Gasteiger partial charge in [-0.15, -0.1) is 0 Å². The highest BCUT2D eigenvalue weighted by Crippen LogP contribution is 2.21. The summed E-state index contributed by atoms with van der Waals surface area (Å²) in [4.78, 5) is 76.5. The molecule has 0 aliphatic carbocycles. The average molecular weight is 1590 g/mol. The van der Waals surface area contributed by atoms with Crippen LogP contribution in [0.2, 0.25) is 0 Å². The van der Waals surface area contributed by atoms with E-state index in [9.17, 15) is 24.0 Å². The van der Waals surface area contributed by atoms with Crippen LogP contribution in [-0.2, 0) is 19.1 Å². The third-order valence-electron chi connectivity index (χ3n) is 23.6. The Labute approximate surface area is 701 Å². The zero-order valence-corrected chi connectivity index (χ0v) is 76.4. The van der Waals surface area contributed by atoms with Crippen LogP contribution >= 0.6 is 0 Å². The Morgan fingerprint density at radius 3 is 0.619 bits per heavy atom. The van der Waals surface area contributed by atoms with E-state index in [0.29, 0.717) is 49.2 Å². The molecule has 0 heterocycles. The van der Waals surface area contributed by atoms with E-state index in [0.717, 1.165) is 219 Å². The summed E-state index contributed by atoms with van der Waals surface area (Å²) in [7, 11) is 0. The van der Waals surface area contributed by atoms with Gasteiger partial charge in [-0.3, -0.25) is 24.0 Å². The van der Waals surface area contributed by atoms with E-state index in [1.54, 1.807) is 18.2 Å². The molecule has 0 bridgehead atoms. The van der Waals surface area contributed by atoms with E-state index >= 15 is 0 Å². The molecule has 13 heteroatoms. The Morgan fingerprint density at radius 2 is 0.416 bits per heavy atom. The fourth-order valence-electron chi connectivity index (χ4n) is 16.3. The number of esters is 2. The van der Waals surface area contributed by atoms with Crippen molar-refractivity contribution in [1.29, 1.82) is 0 Å². The minimum absolute atomic E-state index is 0.0357. The van der Waals surface area contributed by atoms with Gasteiger partial charge < -0.3 is 40.1 Å². The Hall–Kier alpha value is -3.55. The van der Waals surface area contributed by atoms with Crippen LogP contribution < -0.4 is 16.0 Å². The summed E-state index contributed by atoms with van der Waals surface area (Å²) in [6.45, 7) is 28.6. The Morgan fingerprint density at radius 1 is 0.230 bits per heavy atom. The van der Waals surface area contributed by atoms with Gasteiger partial charge in [-0.25, -0.2) is 0 Å². The molecule has 3 amide bonds. The van der Waals surface area contributed by atoms with Gasteiger partial charge in [0.15, 0.2) is 0 Å². The second-order valence-corrected chi connectivity index (χ2v) is 34.7. The van der Waals surface area contributed by atoms with Gasteiger partial charge in [0.25, 0.3) is 17.7 Å². The zero-order chi connectivity index (χ0) is 82.0. The number of amides is 3. The predicted molar refractivity (Wildman–Crippen MR) is 487 cm³/mol. The number of ether oxygens (including phenoxy) is 2. The maximum absolute atomic E-state index is 14.4. The molecular weight excluding hydrogens is 1400 g/mol. The molecule has 0 aliphatic heterocycles. The lowest BCUT2D eigenvalue weighted by molar-refractivity contribution is -0.151. The van der Waals surface area contributed by atoms with Crippen LogP contribution in [0.25, 0.3) is 0 Å². The molecule has 3 N–H and O–H groups in total. The predicted octanol–water partition coefficient (Wildman–Crippen LogP) is 27.9. The van der Waals surface area contributed by atoms with Crippen molar-refractivity contribution in [2.45, 2.75) is 498 Å². The summed E-state index contributed by atoms with van der Waals surface area (Å²) in [6.07, 6.45) is 80.1. The molecule has 0 spiro atoms. The van der Waals surface area contributed by atoms with Crippen LogP contribution in [0.1, 0.15) is 517 Å². The number of hydrogen-bond acceptors (Lipinski definition) is 10. The average Bonchev–Trinajstić information content (AvgIpc) is 0.826. The molecule has 0 fully saturated rings. The van der Waals surface area contributed by atoms with Crippen molar-refractivity contribution in [2.24, 2.45) is 0 Å². The largest absolute Gasteiger partial charge is 0.462 e. The van der Waals surface area contributed by atoms with Crippen molar-refractivity contribution in [2.75, 3.05) is 78.5 Å². The third kappa shape index (κ3) is 69.0. The number of unbranched alkanes of at least 4 members (excludes halogenated alkanes) is 48. The molecule has 0 aliphatic rings. The van der Waals surface area contributed by atoms with Crippen molar-refractivity contribution < 1.29 is 33.4 Å². The first kappa shape index (κ1) is 107. The first-order valence-electron chi connectivity index (χ1n) is 50.0. The summed E-state index contributed by atoms with van der Waals surface area (Å²) >= 11 is 0. The lowest BCUT2D eigenvalue weighted by atomic mass is 10.0. The maximum atomic E-state index is 14.4. The molecule has 0 aromatic heterocycles. The Balaban J connectivity index is 3.30. The molecule has 113 heavy (non-hydrogen) atoms. The molecule has 1 aromatic rings. The van der Waals surface area contributed by atoms with Gasteiger partial charge in [-0.1, -0.05) is 376 Å². The lowest BCUT2D eigenvalue weighted by Gasteiger charge is -2.23. The van der Waals surface area contributed by atoms with Crippen LogP contribution in [0.4, 0.5) is 0 Å². The highest BCUT2D eigenvalue weighted by atomic mass is 16.5. The minimum Gasteiger partial charge on any atom is -0.462 e. The van der Waals surface area contributed by atoms with Crippen LogP contribution in [0, 0.1) is 0 Å². The fourth-order valence-corrected chi connectivity index (χ4v) is 16.3. The number of carbonyl (C=O) groups is 5. The monoisotopic (exact) mass is 1590 g/mol. The minimum atomic E-state index is -0.263. The molecule has 2 atom stereocenters. The van der Waals surface area contributed by atoms with E-state index in [-0.39, 0.29) is 41.9 Å². The summed E-state index contributed by atoms with van der Waals surface area (Å²) in [6, 6.07) is 5.10. The first-order chi connectivity index (χ1) is 55.5. The van der Waals surface area contributed by atoms with E-state index in [1.807, 2.05) is 0 Å². The number of nitrogens with one attached hydrogen (secondary N) is 3. The van der Waals surface area contributed by atoms with Crippen molar-refractivity contribution >= 4 is 29.7 Å². The van der Waals surface area contributed by atoms with Gasteiger partial charge >= 0.3 is 11.9 Å². The van der Waals surface area contributed by atoms with Gasteiger partial charge in [-0.05, 0) is 173 Å². The van der Waals surface area contributed by atoms with Gasteiger partial charge in [0.1, 0.15) is 12.2 Å². The van der Waals surface area contributed by atoms with Gasteiger partial charge in [0, 0.05) is 49.2 Å². The smallest absolute Gasteiger partial charge is 0.306 e. The normalized spacial score (nSPS) is 12.2. The van der Waals surface area contributed by atoms with Gasteiger partial charge in [0.2, 0.25) is 0 Å². The highest BCUT2D eigenvalue weighted by molar-refractivity contribution is 6.04. The number of benzene rings is 1.